The second-order valence-corrected chi connectivity index (χ2v) is 7.67. The van der Waals surface area contributed by atoms with E-state index in [1.807, 2.05) is 17.7 Å². The van der Waals surface area contributed by atoms with Gasteiger partial charge in [-0.05, 0) is 32.6 Å². The van der Waals surface area contributed by atoms with Crippen LogP contribution in [0.4, 0.5) is 5.95 Å². The standard InChI is InChI=1S/C12H19N3O2S/c1-9-7-15(12(13-9)14-10-4-5-10)11-3-2-6-18(16,17)8-11/h7,10-11H,2-6,8H2,1H3,(H,13,14). The summed E-state index contributed by atoms with van der Waals surface area (Å²) >= 11 is 0. The molecule has 3 rings (SSSR count). The van der Waals surface area contributed by atoms with Crippen molar-refractivity contribution in [2.75, 3.05) is 16.8 Å². The van der Waals surface area contributed by atoms with Crippen LogP contribution in [-0.2, 0) is 9.84 Å². The predicted octanol–water partition coefficient (Wildman–Crippen LogP) is 1.52. The molecule has 0 spiro atoms. The van der Waals surface area contributed by atoms with E-state index in [0.29, 0.717) is 11.8 Å². The molecule has 1 saturated carbocycles. The lowest BCUT2D eigenvalue weighted by Gasteiger charge is -2.24. The maximum Gasteiger partial charge on any atom is 0.203 e. The number of nitrogens with zero attached hydrogens (tertiary/aromatic N) is 2. The van der Waals surface area contributed by atoms with E-state index in [2.05, 4.69) is 10.3 Å². The highest BCUT2D eigenvalue weighted by Crippen LogP contribution is 2.30. The molecular formula is C12H19N3O2S. The monoisotopic (exact) mass is 269 g/mol. The van der Waals surface area contributed by atoms with E-state index in [0.717, 1.165) is 24.5 Å². The molecule has 1 aromatic heterocycles. The molecule has 0 bridgehead atoms. The fraction of sp³-hybridized carbons (Fsp3) is 0.750. The third-order valence-electron chi connectivity index (χ3n) is 3.60. The molecule has 2 fully saturated rings. The van der Waals surface area contributed by atoms with Gasteiger partial charge in [0, 0.05) is 12.2 Å². The van der Waals surface area contributed by atoms with Crippen LogP contribution < -0.4 is 5.32 Å². The number of hydrogen-bond donors (Lipinski definition) is 1. The van der Waals surface area contributed by atoms with E-state index >= 15 is 0 Å². The molecule has 0 radical (unpaired) electrons. The lowest BCUT2D eigenvalue weighted by molar-refractivity contribution is 0.473. The molecule has 1 aromatic rings. The van der Waals surface area contributed by atoms with E-state index < -0.39 is 9.84 Å². The minimum Gasteiger partial charge on any atom is -0.353 e. The highest BCUT2D eigenvalue weighted by Gasteiger charge is 2.29. The van der Waals surface area contributed by atoms with Crippen molar-refractivity contribution in [2.24, 2.45) is 0 Å². The first-order valence-corrected chi connectivity index (χ1v) is 8.38. The molecule has 1 unspecified atom stereocenters. The first-order chi connectivity index (χ1) is 8.53. The summed E-state index contributed by atoms with van der Waals surface area (Å²) in [6.07, 6.45) is 6.03. The van der Waals surface area contributed by atoms with Gasteiger partial charge in [0.2, 0.25) is 5.95 Å². The molecule has 2 heterocycles. The zero-order valence-electron chi connectivity index (χ0n) is 10.6. The third kappa shape index (κ3) is 2.53. The van der Waals surface area contributed by atoms with Gasteiger partial charge in [0.05, 0.1) is 23.2 Å². The Morgan fingerprint density at radius 3 is 2.83 bits per heavy atom. The normalized spacial score (nSPS) is 27.1. The molecule has 1 N–H and O–H groups in total. The van der Waals surface area contributed by atoms with Crippen LogP contribution in [-0.4, -0.2) is 35.5 Å². The van der Waals surface area contributed by atoms with Crippen LogP contribution in [0.3, 0.4) is 0 Å². The van der Waals surface area contributed by atoms with Gasteiger partial charge in [-0.1, -0.05) is 0 Å². The predicted molar refractivity (Wildman–Crippen MR) is 70.5 cm³/mol. The second-order valence-electron chi connectivity index (χ2n) is 5.44. The number of rotatable bonds is 3. The summed E-state index contributed by atoms with van der Waals surface area (Å²) in [7, 11) is -2.88. The Labute approximate surface area is 108 Å². The van der Waals surface area contributed by atoms with Crippen molar-refractivity contribution in [1.29, 1.82) is 0 Å². The molecule has 0 aromatic carbocycles. The zero-order valence-corrected chi connectivity index (χ0v) is 11.4. The Kier molecular flexibility index (Phi) is 2.84. The number of hydrogen-bond acceptors (Lipinski definition) is 4. The van der Waals surface area contributed by atoms with Crippen molar-refractivity contribution in [2.45, 2.75) is 44.7 Å². The number of sulfone groups is 1. The Morgan fingerprint density at radius 2 is 2.17 bits per heavy atom. The Morgan fingerprint density at radius 1 is 1.39 bits per heavy atom. The Balaban J connectivity index is 1.85. The lowest BCUT2D eigenvalue weighted by Crippen LogP contribution is -2.28. The molecular weight excluding hydrogens is 250 g/mol. The number of imidazole rings is 1. The summed E-state index contributed by atoms with van der Waals surface area (Å²) < 4.78 is 25.5. The van der Waals surface area contributed by atoms with Crippen LogP contribution in [0.25, 0.3) is 0 Å². The van der Waals surface area contributed by atoms with Crippen LogP contribution in [0.1, 0.15) is 37.4 Å². The first-order valence-electron chi connectivity index (χ1n) is 6.56. The van der Waals surface area contributed by atoms with Gasteiger partial charge in [-0.3, -0.25) is 0 Å². The average molecular weight is 269 g/mol. The van der Waals surface area contributed by atoms with Crippen molar-refractivity contribution < 1.29 is 8.42 Å². The second kappa shape index (κ2) is 4.26. The fourth-order valence-electron chi connectivity index (χ4n) is 2.53. The first kappa shape index (κ1) is 12.0. The Bertz CT molecular complexity index is 546. The van der Waals surface area contributed by atoms with E-state index in [1.165, 1.54) is 12.8 Å². The number of aromatic nitrogens is 2. The van der Waals surface area contributed by atoms with Crippen molar-refractivity contribution in [3.8, 4) is 0 Å². The van der Waals surface area contributed by atoms with Gasteiger partial charge < -0.3 is 9.88 Å². The van der Waals surface area contributed by atoms with Crippen LogP contribution >= 0.6 is 0 Å². The molecule has 0 amide bonds. The highest BCUT2D eigenvalue weighted by atomic mass is 32.2. The largest absolute Gasteiger partial charge is 0.353 e. The van der Waals surface area contributed by atoms with Crippen molar-refractivity contribution >= 4 is 15.8 Å². The van der Waals surface area contributed by atoms with E-state index in [9.17, 15) is 8.42 Å². The number of aryl methyl sites for hydroxylation is 1. The van der Waals surface area contributed by atoms with Gasteiger partial charge in [0.1, 0.15) is 0 Å². The van der Waals surface area contributed by atoms with Gasteiger partial charge in [0.25, 0.3) is 0 Å². The lowest BCUT2D eigenvalue weighted by atomic mass is 10.2. The highest BCUT2D eigenvalue weighted by molar-refractivity contribution is 7.91. The molecule has 2 aliphatic rings. The summed E-state index contributed by atoms with van der Waals surface area (Å²) in [5.41, 5.74) is 0.945. The zero-order chi connectivity index (χ0) is 12.8. The van der Waals surface area contributed by atoms with E-state index in [-0.39, 0.29) is 11.8 Å². The maximum atomic E-state index is 11.7. The van der Waals surface area contributed by atoms with Crippen LogP contribution in [0.5, 0.6) is 0 Å². The number of anilines is 1. The minimum absolute atomic E-state index is 0.0474. The minimum atomic E-state index is -2.88. The van der Waals surface area contributed by atoms with Gasteiger partial charge in [-0.15, -0.1) is 0 Å². The van der Waals surface area contributed by atoms with Crippen LogP contribution in [0.15, 0.2) is 6.20 Å². The molecule has 1 saturated heterocycles. The molecule has 1 aliphatic carbocycles. The summed E-state index contributed by atoms with van der Waals surface area (Å²) in [6.45, 7) is 1.95. The molecule has 1 aliphatic heterocycles. The summed E-state index contributed by atoms with van der Waals surface area (Å²) in [6, 6.07) is 0.581. The smallest absolute Gasteiger partial charge is 0.203 e. The van der Waals surface area contributed by atoms with Gasteiger partial charge in [-0.25, -0.2) is 13.4 Å². The van der Waals surface area contributed by atoms with Crippen molar-refractivity contribution in [1.82, 2.24) is 9.55 Å². The summed E-state index contributed by atoms with van der Waals surface area (Å²) in [4.78, 5) is 4.47. The van der Waals surface area contributed by atoms with E-state index in [1.54, 1.807) is 0 Å². The topological polar surface area (TPSA) is 64.0 Å². The van der Waals surface area contributed by atoms with Gasteiger partial charge in [-0.2, -0.15) is 0 Å². The van der Waals surface area contributed by atoms with Crippen molar-refractivity contribution in [3.05, 3.63) is 11.9 Å². The molecule has 6 heteroatoms. The maximum absolute atomic E-state index is 11.7. The van der Waals surface area contributed by atoms with Crippen LogP contribution in [0.2, 0.25) is 0 Å². The third-order valence-corrected chi connectivity index (χ3v) is 5.40. The summed E-state index contributed by atoms with van der Waals surface area (Å²) in [5, 5.41) is 3.39. The van der Waals surface area contributed by atoms with E-state index in [4.69, 9.17) is 0 Å². The molecule has 18 heavy (non-hydrogen) atoms. The molecule has 5 nitrogen and oxygen atoms in total. The number of nitrogens with one attached hydrogen (secondary N) is 1. The SMILES string of the molecule is Cc1cn(C2CCCS(=O)(=O)C2)c(NC2CC2)n1. The fourth-order valence-corrected chi connectivity index (χ4v) is 4.22. The molecule has 100 valence electrons. The summed E-state index contributed by atoms with van der Waals surface area (Å²) in [5.74, 6) is 1.43. The average Bonchev–Trinajstić information content (AvgIpc) is 3.00. The van der Waals surface area contributed by atoms with Gasteiger partial charge in [0.15, 0.2) is 9.84 Å². The van der Waals surface area contributed by atoms with Crippen molar-refractivity contribution in [3.63, 3.8) is 0 Å². The Hall–Kier alpha value is -1.04. The quantitative estimate of drug-likeness (QED) is 0.903. The van der Waals surface area contributed by atoms with Crippen LogP contribution in [0, 0.1) is 6.92 Å². The molecule has 1 atom stereocenters. The van der Waals surface area contributed by atoms with Gasteiger partial charge >= 0.3 is 0 Å².